The first-order valence-electron chi connectivity index (χ1n) is 7.89. The van der Waals surface area contributed by atoms with Crippen LogP contribution in [0.25, 0.3) is 6.08 Å². The molecule has 0 saturated carbocycles. The lowest BCUT2D eigenvalue weighted by Crippen LogP contribution is -2.44. The Kier molecular flexibility index (Phi) is 7.14. The van der Waals surface area contributed by atoms with Crippen LogP contribution in [0.5, 0.6) is 5.75 Å². The molecule has 1 atom stereocenters. The molecule has 2 rings (SSSR count). The molecule has 0 aliphatic carbocycles. The molecule has 0 aromatic heterocycles. The van der Waals surface area contributed by atoms with Crippen LogP contribution in [0.4, 0.5) is 0 Å². The van der Waals surface area contributed by atoms with Crippen molar-refractivity contribution in [1.29, 1.82) is 0 Å². The molecule has 1 aromatic carbocycles. The summed E-state index contributed by atoms with van der Waals surface area (Å²) in [6.07, 6.45) is 2.63. The second-order valence-corrected chi connectivity index (χ2v) is 7.18. The summed E-state index contributed by atoms with van der Waals surface area (Å²) in [5, 5.41) is 18.1. The Labute approximate surface area is 165 Å². The van der Waals surface area contributed by atoms with Gasteiger partial charge in [0.25, 0.3) is 5.91 Å². The highest BCUT2D eigenvalue weighted by molar-refractivity contribution is 8.26. The molecule has 0 unspecified atom stereocenters. The van der Waals surface area contributed by atoms with Gasteiger partial charge in [0, 0.05) is 6.42 Å². The number of rotatable bonds is 9. The highest BCUT2D eigenvalue weighted by Crippen LogP contribution is 2.35. The number of nitrogens with zero attached hydrogens (tertiary/aromatic N) is 1. The van der Waals surface area contributed by atoms with Gasteiger partial charge in [-0.15, -0.1) is 0 Å². The van der Waals surface area contributed by atoms with E-state index in [1.807, 2.05) is 0 Å². The fraction of sp³-hybridized carbons (Fsp3) is 0.222. The van der Waals surface area contributed by atoms with Crippen LogP contribution in [0.1, 0.15) is 18.4 Å². The smallest absolute Gasteiger partial charge is 0.326 e. The van der Waals surface area contributed by atoms with Crippen LogP contribution >= 0.6 is 24.0 Å². The van der Waals surface area contributed by atoms with E-state index in [2.05, 4.69) is 6.58 Å². The highest BCUT2D eigenvalue weighted by Gasteiger charge is 2.40. The average Bonchev–Trinajstić information content (AvgIpc) is 2.88. The molecule has 0 radical (unpaired) electrons. The van der Waals surface area contributed by atoms with Crippen molar-refractivity contribution in [3.63, 3.8) is 0 Å². The molecule has 2 N–H and O–H groups in total. The van der Waals surface area contributed by atoms with Crippen molar-refractivity contribution >= 4 is 52.2 Å². The minimum atomic E-state index is -1.31. The zero-order valence-electron chi connectivity index (χ0n) is 14.2. The van der Waals surface area contributed by atoms with Gasteiger partial charge in [-0.1, -0.05) is 48.8 Å². The van der Waals surface area contributed by atoms with E-state index < -0.39 is 23.9 Å². The number of carbonyl (C=O) groups is 3. The molecule has 1 aliphatic rings. The largest absolute Gasteiger partial charge is 0.490 e. The van der Waals surface area contributed by atoms with Crippen molar-refractivity contribution in [2.24, 2.45) is 0 Å². The topological polar surface area (TPSA) is 104 Å². The van der Waals surface area contributed by atoms with Crippen molar-refractivity contribution in [3.05, 3.63) is 47.4 Å². The van der Waals surface area contributed by atoms with Crippen LogP contribution in [0.15, 0.2) is 41.8 Å². The first-order valence-corrected chi connectivity index (χ1v) is 9.11. The molecular weight excluding hydrogens is 390 g/mol. The molecule has 1 fully saturated rings. The van der Waals surface area contributed by atoms with Gasteiger partial charge < -0.3 is 14.9 Å². The maximum atomic E-state index is 12.6. The second-order valence-electron chi connectivity index (χ2n) is 5.51. The third kappa shape index (κ3) is 5.41. The molecule has 27 heavy (non-hydrogen) atoms. The van der Waals surface area contributed by atoms with Crippen LogP contribution in [0, 0.1) is 0 Å². The van der Waals surface area contributed by atoms with Gasteiger partial charge in [-0.3, -0.25) is 14.5 Å². The lowest BCUT2D eigenvalue weighted by Gasteiger charge is -2.22. The first kappa shape index (κ1) is 20.7. The van der Waals surface area contributed by atoms with Crippen molar-refractivity contribution in [3.8, 4) is 5.75 Å². The van der Waals surface area contributed by atoms with Gasteiger partial charge in [-0.05, 0) is 30.2 Å². The molecule has 7 nitrogen and oxygen atoms in total. The second kappa shape index (κ2) is 9.33. The molecule has 1 amide bonds. The average molecular weight is 407 g/mol. The summed E-state index contributed by atoms with van der Waals surface area (Å²) in [5.74, 6) is -2.33. The summed E-state index contributed by atoms with van der Waals surface area (Å²) >= 11 is 6.13. The van der Waals surface area contributed by atoms with Crippen LogP contribution < -0.4 is 4.74 Å². The third-order valence-electron chi connectivity index (χ3n) is 3.60. The predicted molar refractivity (Wildman–Crippen MR) is 105 cm³/mol. The van der Waals surface area contributed by atoms with Crippen molar-refractivity contribution < 1.29 is 29.3 Å². The summed E-state index contributed by atoms with van der Waals surface area (Å²) < 4.78 is 5.48. The Bertz CT molecular complexity index is 803. The normalized spacial score (nSPS) is 16.4. The number of benzene rings is 1. The zero-order chi connectivity index (χ0) is 20.0. The van der Waals surface area contributed by atoms with E-state index >= 15 is 0 Å². The monoisotopic (exact) mass is 407 g/mol. The fourth-order valence-corrected chi connectivity index (χ4v) is 3.70. The number of amides is 1. The Balaban J connectivity index is 2.18. The van der Waals surface area contributed by atoms with Gasteiger partial charge in [0.2, 0.25) is 0 Å². The van der Waals surface area contributed by atoms with E-state index in [9.17, 15) is 19.5 Å². The lowest BCUT2D eigenvalue weighted by atomic mass is 10.1. The zero-order valence-corrected chi connectivity index (χ0v) is 15.8. The van der Waals surface area contributed by atoms with Gasteiger partial charge in [-0.25, -0.2) is 4.79 Å². The summed E-state index contributed by atoms with van der Waals surface area (Å²) in [4.78, 5) is 36.1. The number of carboxylic acid groups (broad SMARTS) is 2. The Morgan fingerprint density at radius 2 is 1.96 bits per heavy atom. The minimum Gasteiger partial charge on any atom is -0.490 e. The van der Waals surface area contributed by atoms with E-state index in [0.717, 1.165) is 22.2 Å². The number of carbonyl (C=O) groups excluding carboxylic acids is 1. The number of carboxylic acids is 2. The van der Waals surface area contributed by atoms with Crippen molar-refractivity contribution in [2.75, 3.05) is 6.61 Å². The number of thioether (sulfide) groups is 1. The molecule has 0 spiro atoms. The highest BCUT2D eigenvalue weighted by atomic mass is 32.2. The maximum absolute atomic E-state index is 12.6. The summed E-state index contributed by atoms with van der Waals surface area (Å²) in [7, 11) is 0. The number of aliphatic carboxylic acids is 2. The number of hydrogen-bond acceptors (Lipinski definition) is 6. The van der Waals surface area contributed by atoms with E-state index in [-0.39, 0.29) is 22.1 Å². The van der Waals surface area contributed by atoms with Crippen LogP contribution in [0.3, 0.4) is 0 Å². The molecule has 1 aromatic rings. The molecule has 9 heteroatoms. The van der Waals surface area contributed by atoms with E-state index in [4.69, 9.17) is 22.1 Å². The van der Waals surface area contributed by atoms with Crippen molar-refractivity contribution in [1.82, 2.24) is 4.90 Å². The van der Waals surface area contributed by atoms with Gasteiger partial charge in [-0.2, -0.15) is 0 Å². The van der Waals surface area contributed by atoms with Crippen molar-refractivity contribution in [2.45, 2.75) is 18.9 Å². The number of hydrogen-bond donors (Lipinski definition) is 2. The summed E-state index contributed by atoms with van der Waals surface area (Å²) in [6.45, 7) is 3.95. The molecule has 1 saturated heterocycles. The summed E-state index contributed by atoms with van der Waals surface area (Å²) in [6, 6.07) is 5.68. The molecular formula is C18H17NO6S2. The molecule has 0 bridgehead atoms. The van der Waals surface area contributed by atoms with Crippen LogP contribution in [-0.4, -0.2) is 49.9 Å². The maximum Gasteiger partial charge on any atom is 0.326 e. The standard InChI is InChI=1S/C18H17NO6S2/c1-2-9-25-12-5-3-11(4-6-12)10-14-16(22)19(18(26)27-14)13(17(23)24)7-8-15(20)21/h2-6,10,13H,1,7-9H2,(H,20,21)(H,23,24)/b14-10+/t13-/m0/s1. The van der Waals surface area contributed by atoms with E-state index in [1.165, 1.54) is 0 Å². The van der Waals surface area contributed by atoms with Crippen LogP contribution in [0.2, 0.25) is 0 Å². The van der Waals surface area contributed by atoms with Gasteiger partial charge >= 0.3 is 11.9 Å². The molecule has 1 heterocycles. The minimum absolute atomic E-state index is 0.0926. The predicted octanol–water partition coefficient (Wildman–Crippen LogP) is 2.77. The van der Waals surface area contributed by atoms with E-state index in [0.29, 0.717) is 12.4 Å². The SMILES string of the molecule is C=CCOc1ccc(/C=C2/SC(=S)N([C@@H](CCC(=O)O)C(=O)O)C2=O)cc1. The first-order chi connectivity index (χ1) is 12.8. The summed E-state index contributed by atoms with van der Waals surface area (Å²) in [5.41, 5.74) is 0.721. The fourth-order valence-electron chi connectivity index (χ4n) is 2.34. The molecule has 142 valence electrons. The Hall–Kier alpha value is -2.65. The lowest BCUT2D eigenvalue weighted by molar-refractivity contribution is -0.146. The quantitative estimate of drug-likeness (QED) is 0.366. The number of ether oxygens (including phenoxy) is 1. The van der Waals surface area contributed by atoms with Gasteiger partial charge in [0.1, 0.15) is 22.7 Å². The van der Waals surface area contributed by atoms with Gasteiger partial charge in [0.15, 0.2) is 0 Å². The van der Waals surface area contributed by atoms with E-state index in [1.54, 1.807) is 36.4 Å². The third-order valence-corrected chi connectivity index (χ3v) is 4.93. The van der Waals surface area contributed by atoms with Gasteiger partial charge in [0.05, 0.1) is 4.91 Å². The number of thiocarbonyl (C=S) groups is 1. The Morgan fingerprint density at radius 3 is 2.52 bits per heavy atom. The Morgan fingerprint density at radius 1 is 1.30 bits per heavy atom. The van der Waals surface area contributed by atoms with Crippen LogP contribution in [-0.2, 0) is 14.4 Å². The molecule has 1 aliphatic heterocycles.